The minimum atomic E-state index is -0.399. The Balaban J connectivity index is 1.23. The number of aliphatic imine (C=N–C) groups is 1. The van der Waals surface area contributed by atoms with Crippen LogP contribution in [0.3, 0.4) is 0 Å². The van der Waals surface area contributed by atoms with Crippen molar-refractivity contribution in [1.82, 2.24) is 4.90 Å². The molecule has 8 nitrogen and oxygen atoms in total. The molecule has 5 heterocycles. The monoisotopic (exact) mass is 482 g/mol. The van der Waals surface area contributed by atoms with Crippen LogP contribution in [0.25, 0.3) is 0 Å². The number of nitro benzene ring substituents is 1. The molecule has 1 spiro atoms. The van der Waals surface area contributed by atoms with Crippen LogP contribution in [0.2, 0.25) is 0 Å². The van der Waals surface area contributed by atoms with Gasteiger partial charge in [0.15, 0.2) is 0 Å². The number of rotatable bonds is 3. The number of carbonyl (C=O) groups excluding carboxylic acids is 1. The van der Waals surface area contributed by atoms with E-state index in [-0.39, 0.29) is 29.2 Å². The Morgan fingerprint density at radius 1 is 1.19 bits per heavy atom. The number of hydrogen-bond donors (Lipinski definition) is 0. The van der Waals surface area contributed by atoms with Gasteiger partial charge < -0.3 is 9.64 Å². The minimum Gasteiger partial charge on any atom is -0.373 e. The average Bonchev–Trinajstić information content (AvgIpc) is 3.35. The fourth-order valence-electron chi connectivity index (χ4n) is 8.45. The molecule has 8 rings (SSSR count). The molecule has 3 saturated heterocycles. The largest absolute Gasteiger partial charge is 0.373 e. The minimum absolute atomic E-state index is 0.00332. The third kappa shape index (κ3) is 2.56. The normalized spacial score (nSPS) is 35.6. The number of fused-ring (bicyclic) bond motifs is 2. The molecule has 1 aliphatic carbocycles. The van der Waals surface area contributed by atoms with Crippen molar-refractivity contribution in [3.63, 3.8) is 0 Å². The highest BCUT2D eigenvalue weighted by Gasteiger charge is 2.71. The van der Waals surface area contributed by atoms with Gasteiger partial charge in [0.1, 0.15) is 0 Å². The topological polar surface area (TPSA) is 88.3 Å². The van der Waals surface area contributed by atoms with Crippen LogP contribution >= 0.6 is 0 Å². The Morgan fingerprint density at radius 2 is 2.06 bits per heavy atom. The van der Waals surface area contributed by atoms with E-state index >= 15 is 0 Å². The first-order valence-electron chi connectivity index (χ1n) is 12.8. The summed E-state index contributed by atoms with van der Waals surface area (Å²) in [5, 5.41) is 10.9. The fraction of sp³-hybridized carbons (Fsp3) is 0.429. The van der Waals surface area contributed by atoms with E-state index in [2.05, 4.69) is 28.0 Å². The van der Waals surface area contributed by atoms with E-state index in [1.807, 2.05) is 6.07 Å². The summed E-state index contributed by atoms with van der Waals surface area (Å²) >= 11 is 0. The van der Waals surface area contributed by atoms with Gasteiger partial charge in [0.2, 0.25) is 5.91 Å². The molecule has 0 unspecified atom stereocenters. The number of benzene rings is 2. The molecule has 1 amide bonds. The third-order valence-electron chi connectivity index (χ3n) is 9.76. The lowest BCUT2D eigenvalue weighted by molar-refractivity contribution is -0.384. The molecule has 2 aromatic rings. The van der Waals surface area contributed by atoms with E-state index < -0.39 is 4.92 Å². The molecular weight excluding hydrogens is 456 g/mol. The number of amides is 1. The van der Waals surface area contributed by atoms with E-state index in [0.717, 1.165) is 42.9 Å². The number of nitro groups is 1. The van der Waals surface area contributed by atoms with Crippen LogP contribution in [0, 0.1) is 22.0 Å². The van der Waals surface area contributed by atoms with Gasteiger partial charge in [-0.25, -0.2) is 0 Å². The Hall–Kier alpha value is -3.36. The van der Waals surface area contributed by atoms with Gasteiger partial charge in [0, 0.05) is 48.0 Å². The molecule has 2 aromatic carbocycles. The molecule has 36 heavy (non-hydrogen) atoms. The highest BCUT2D eigenvalue weighted by atomic mass is 16.6. The van der Waals surface area contributed by atoms with Gasteiger partial charge in [-0.15, -0.1) is 0 Å². The molecule has 6 aliphatic rings. The van der Waals surface area contributed by atoms with Crippen molar-refractivity contribution in [3.8, 4) is 0 Å². The van der Waals surface area contributed by atoms with Crippen molar-refractivity contribution in [1.29, 1.82) is 0 Å². The number of hydrogen-bond acceptors (Lipinski definition) is 6. The Labute approximate surface area is 208 Å². The van der Waals surface area contributed by atoms with Crippen LogP contribution in [0.1, 0.15) is 30.4 Å². The van der Waals surface area contributed by atoms with Crippen LogP contribution in [-0.2, 0) is 14.9 Å². The first kappa shape index (κ1) is 20.8. The second kappa shape index (κ2) is 7.11. The van der Waals surface area contributed by atoms with Gasteiger partial charge in [0.05, 0.1) is 35.8 Å². The molecule has 2 bridgehead atoms. The smallest absolute Gasteiger partial charge is 0.269 e. The molecule has 1 saturated carbocycles. The van der Waals surface area contributed by atoms with Gasteiger partial charge >= 0.3 is 0 Å². The zero-order valence-electron chi connectivity index (χ0n) is 19.7. The predicted octanol–water partition coefficient (Wildman–Crippen LogP) is 3.75. The highest BCUT2D eigenvalue weighted by Crippen LogP contribution is 2.66. The summed E-state index contributed by atoms with van der Waals surface area (Å²) in [7, 11) is 0. The van der Waals surface area contributed by atoms with Crippen molar-refractivity contribution in [3.05, 3.63) is 75.4 Å². The summed E-state index contributed by atoms with van der Waals surface area (Å²) in [4.78, 5) is 33.6. The summed E-state index contributed by atoms with van der Waals surface area (Å²) in [5.41, 5.74) is 5.49. The second-order valence-electron chi connectivity index (χ2n) is 11.1. The number of anilines is 1. The maximum atomic E-state index is 13.6. The lowest BCUT2D eigenvalue weighted by Gasteiger charge is -2.58. The zero-order valence-corrected chi connectivity index (χ0v) is 19.7. The molecule has 0 N–H and O–H groups in total. The van der Waals surface area contributed by atoms with E-state index in [4.69, 9.17) is 9.73 Å². The van der Waals surface area contributed by atoms with Crippen LogP contribution in [0.15, 0.2) is 59.1 Å². The van der Waals surface area contributed by atoms with Gasteiger partial charge in [-0.2, -0.15) is 0 Å². The molecule has 0 aromatic heterocycles. The number of ether oxygens (including phenoxy) is 1. The lowest BCUT2D eigenvalue weighted by Crippen LogP contribution is -2.69. The first-order chi connectivity index (χ1) is 17.5. The lowest BCUT2D eigenvalue weighted by atomic mass is 9.53. The van der Waals surface area contributed by atoms with E-state index in [1.165, 1.54) is 23.3 Å². The maximum Gasteiger partial charge on any atom is 0.269 e. The van der Waals surface area contributed by atoms with Gasteiger partial charge in [-0.05, 0) is 66.8 Å². The third-order valence-corrected chi connectivity index (χ3v) is 9.76. The molecular formula is C28H26N4O4. The summed E-state index contributed by atoms with van der Waals surface area (Å²) in [5.74, 6) is 1.02. The fourth-order valence-corrected chi connectivity index (χ4v) is 8.45. The van der Waals surface area contributed by atoms with Crippen molar-refractivity contribution in [2.75, 3.05) is 24.6 Å². The number of nitrogens with zero attached hydrogens (tertiary/aromatic N) is 4. The van der Waals surface area contributed by atoms with E-state index in [9.17, 15) is 14.9 Å². The van der Waals surface area contributed by atoms with Crippen molar-refractivity contribution >= 4 is 29.2 Å². The summed E-state index contributed by atoms with van der Waals surface area (Å²) < 4.78 is 6.32. The summed E-state index contributed by atoms with van der Waals surface area (Å²) in [6.45, 7) is 2.70. The van der Waals surface area contributed by atoms with Crippen molar-refractivity contribution in [2.24, 2.45) is 16.8 Å². The maximum absolute atomic E-state index is 13.6. The van der Waals surface area contributed by atoms with Gasteiger partial charge in [-0.3, -0.25) is 24.8 Å². The van der Waals surface area contributed by atoms with E-state index in [0.29, 0.717) is 30.9 Å². The molecule has 182 valence electrons. The molecule has 6 atom stereocenters. The zero-order chi connectivity index (χ0) is 24.2. The van der Waals surface area contributed by atoms with Crippen LogP contribution in [0.5, 0.6) is 0 Å². The quantitative estimate of drug-likeness (QED) is 0.288. The first-order valence-corrected chi connectivity index (χ1v) is 12.8. The molecule has 0 radical (unpaired) electrons. The van der Waals surface area contributed by atoms with Gasteiger partial charge in [0.25, 0.3) is 5.69 Å². The van der Waals surface area contributed by atoms with Crippen LogP contribution in [0.4, 0.5) is 17.1 Å². The molecule has 8 heteroatoms. The van der Waals surface area contributed by atoms with Crippen LogP contribution < -0.4 is 4.90 Å². The van der Waals surface area contributed by atoms with Crippen LogP contribution in [-0.4, -0.2) is 59.8 Å². The Bertz CT molecular complexity index is 1380. The summed E-state index contributed by atoms with van der Waals surface area (Å²) in [6, 6.07) is 13.3. The average molecular weight is 483 g/mol. The van der Waals surface area contributed by atoms with Crippen molar-refractivity contribution in [2.45, 2.75) is 42.9 Å². The highest BCUT2D eigenvalue weighted by molar-refractivity contribution is 5.99. The Morgan fingerprint density at radius 3 is 2.89 bits per heavy atom. The predicted molar refractivity (Wildman–Crippen MR) is 134 cm³/mol. The van der Waals surface area contributed by atoms with Gasteiger partial charge in [-0.1, -0.05) is 11.6 Å². The summed E-state index contributed by atoms with van der Waals surface area (Å²) in [6.07, 6.45) is 6.70. The molecule has 4 fully saturated rings. The second-order valence-corrected chi connectivity index (χ2v) is 11.1. The molecule has 5 aliphatic heterocycles. The SMILES string of the molecule is O=C1C[C@@H]2OCC=C3CN4CC[C@]56c7cc(N=Cc8ccc([N+](=O)[O-])cc8)ccc7N1[C@H]5[C@H]2[C@H]3C[C@H]46. The Kier molecular flexibility index (Phi) is 4.11. The number of piperidine rings is 2. The standard InChI is InChI=1S/C28H26N4O4/c33-25-13-23-26-20-12-24-28(8-9-30(24)15-17(20)7-10-36-23)21-11-18(3-6-22(21)31(25)27(26)28)29-14-16-1-4-19(5-2-16)32(34)35/h1-7,11,14,20,23-24,26-27H,8-10,12-13,15H2/t20-,23-,24-,26-,27-,28+/m0/s1. The number of non-ortho nitro benzene ring substituents is 1. The van der Waals surface area contributed by atoms with Crippen molar-refractivity contribution < 1.29 is 14.5 Å². The number of carbonyl (C=O) groups is 1. The van der Waals surface area contributed by atoms with E-state index in [1.54, 1.807) is 18.3 Å².